The molecule has 0 amide bonds. The second kappa shape index (κ2) is 10.3. The van der Waals surface area contributed by atoms with E-state index in [1.807, 2.05) is 0 Å². The summed E-state index contributed by atoms with van der Waals surface area (Å²) in [5, 5.41) is 3.58. The van der Waals surface area contributed by atoms with Gasteiger partial charge in [-0.2, -0.15) is 11.8 Å². The molecule has 0 spiro atoms. The van der Waals surface area contributed by atoms with E-state index in [2.05, 4.69) is 62.1 Å². The molecular weight excluding hydrogens is 250 g/mol. The number of aryl methyl sites for hydroxylation is 1. The molecule has 19 heavy (non-hydrogen) atoms. The van der Waals surface area contributed by atoms with Gasteiger partial charge in [-0.15, -0.1) is 0 Å². The van der Waals surface area contributed by atoms with Gasteiger partial charge in [-0.1, -0.05) is 43.7 Å². The van der Waals surface area contributed by atoms with Gasteiger partial charge in [0, 0.05) is 0 Å². The molecular formula is C17H29NS. The van der Waals surface area contributed by atoms with Gasteiger partial charge in [0.15, 0.2) is 0 Å². The van der Waals surface area contributed by atoms with Crippen LogP contribution in [0.5, 0.6) is 0 Å². The Morgan fingerprint density at radius 3 is 2.53 bits per heavy atom. The maximum absolute atomic E-state index is 3.58. The van der Waals surface area contributed by atoms with Crippen LogP contribution in [0.1, 0.15) is 37.8 Å². The van der Waals surface area contributed by atoms with Crippen LogP contribution in [0.3, 0.4) is 0 Å². The van der Waals surface area contributed by atoms with Gasteiger partial charge >= 0.3 is 0 Å². The van der Waals surface area contributed by atoms with Crippen molar-refractivity contribution in [2.75, 3.05) is 24.6 Å². The first-order valence-corrected chi connectivity index (χ1v) is 8.75. The van der Waals surface area contributed by atoms with E-state index >= 15 is 0 Å². The topological polar surface area (TPSA) is 12.0 Å². The van der Waals surface area contributed by atoms with Crippen LogP contribution in [-0.2, 0) is 6.42 Å². The van der Waals surface area contributed by atoms with E-state index in [9.17, 15) is 0 Å². The van der Waals surface area contributed by atoms with Crippen LogP contribution in [0.4, 0.5) is 0 Å². The predicted molar refractivity (Wildman–Crippen MR) is 89.1 cm³/mol. The Balaban J connectivity index is 2.44. The Bertz CT molecular complexity index is 311. The number of hydrogen-bond acceptors (Lipinski definition) is 2. The molecule has 1 unspecified atom stereocenters. The molecule has 0 aromatic heterocycles. The number of hydrogen-bond donors (Lipinski definition) is 1. The van der Waals surface area contributed by atoms with Gasteiger partial charge < -0.3 is 5.32 Å². The van der Waals surface area contributed by atoms with Crippen molar-refractivity contribution >= 4 is 11.8 Å². The van der Waals surface area contributed by atoms with Gasteiger partial charge in [0.25, 0.3) is 0 Å². The van der Waals surface area contributed by atoms with Crippen molar-refractivity contribution in [3.05, 3.63) is 35.4 Å². The van der Waals surface area contributed by atoms with Gasteiger partial charge in [-0.25, -0.2) is 0 Å². The molecule has 108 valence electrons. The zero-order chi connectivity index (χ0) is 13.9. The Hall–Kier alpha value is -0.470. The summed E-state index contributed by atoms with van der Waals surface area (Å²) < 4.78 is 0. The zero-order valence-electron chi connectivity index (χ0n) is 12.7. The first-order chi connectivity index (χ1) is 9.26. The van der Waals surface area contributed by atoms with E-state index in [0.717, 1.165) is 19.0 Å². The Labute approximate surface area is 123 Å². The van der Waals surface area contributed by atoms with Gasteiger partial charge in [-0.05, 0) is 62.3 Å². The monoisotopic (exact) mass is 279 g/mol. The summed E-state index contributed by atoms with van der Waals surface area (Å²) in [4.78, 5) is 0. The van der Waals surface area contributed by atoms with Crippen molar-refractivity contribution in [2.24, 2.45) is 5.92 Å². The second-order valence-electron chi connectivity index (χ2n) is 5.25. The van der Waals surface area contributed by atoms with Crippen LogP contribution in [0, 0.1) is 12.8 Å². The van der Waals surface area contributed by atoms with E-state index in [-0.39, 0.29) is 0 Å². The highest BCUT2D eigenvalue weighted by atomic mass is 32.2. The molecule has 0 bridgehead atoms. The zero-order valence-corrected chi connectivity index (χ0v) is 13.6. The maximum Gasteiger partial charge on any atom is -0.00170 e. The molecule has 0 aliphatic carbocycles. The van der Waals surface area contributed by atoms with Crippen LogP contribution < -0.4 is 5.32 Å². The van der Waals surface area contributed by atoms with Crippen molar-refractivity contribution in [1.82, 2.24) is 5.32 Å². The lowest BCUT2D eigenvalue weighted by Gasteiger charge is -2.17. The molecule has 0 saturated heterocycles. The fourth-order valence-corrected chi connectivity index (χ4v) is 3.00. The maximum atomic E-state index is 3.58. The highest BCUT2D eigenvalue weighted by Crippen LogP contribution is 2.15. The largest absolute Gasteiger partial charge is 0.316 e. The van der Waals surface area contributed by atoms with Crippen LogP contribution in [0.15, 0.2) is 24.3 Å². The third-order valence-corrected chi connectivity index (χ3v) is 4.31. The van der Waals surface area contributed by atoms with Gasteiger partial charge in [-0.3, -0.25) is 0 Å². The average Bonchev–Trinajstić information content (AvgIpc) is 2.41. The molecule has 0 aliphatic heterocycles. The molecule has 1 rings (SSSR count). The molecule has 0 fully saturated rings. The third kappa shape index (κ3) is 7.64. The van der Waals surface area contributed by atoms with E-state index < -0.39 is 0 Å². The number of benzene rings is 1. The SMILES string of the molecule is CCCNCC(CCSCC)Cc1ccc(C)cc1. The summed E-state index contributed by atoms with van der Waals surface area (Å²) >= 11 is 2.06. The number of rotatable bonds is 10. The molecule has 0 radical (unpaired) electrons. The van der Waals surface area contributed by atoms with Crippen LogP contribution in [0.2, 0.25) is 0 Å². The first-order valence-electron chi connectivity index (χ1n) is 7.60. The molecule has 0 heterocycles. The van der Waals surface area contributed by atoms with Crippen molar-refractivity contribution in [1.29, 1.82) is 0 Å². The number of thioether (sulfide) groups is 1. The Morgan fingerprint density at radius 2 is 1.89 bits per heavy atom. The minimum absolute atomic E-state index is 0.772. The minimum Gasteiger partial charge on any atom is -0.316 e. The highest BCUT2D eigenvalue weighted by Gasteiger charge is 2.09. The lowest BCUT2D eigenvalue weighted by molar-refractivity contribution is 0.463. The average molecular weight is 279 g/mol. The molecule has 1 aromatic rings. The Morgan fingerprint density at radius 1 is 1.16 bits per heavy atom. The molecule has 1 atom stereocenters. The summed E-state index contributed by atoms with van der Waals surface area (Å²) in [5.74, 6) is 3.30. The van der Waals surface area contributed by atoms with Crippen molar-refractivity contribution in [3.8, 4) is 0 Å². The molecule has 0 aliphatic rings. The van der Waals surface area contributed by atoms with Gasteiger partial charge in [0.2, 0.25) is 0 Å². The standard InChI is InChI=1S/C17H29NS/c1-4-11-18-14-17(10-12-19-5-2)13-16-8-6-15(3)7-9-16/h6-9,17-18H,4-5,10-14H2,1-3H3. The third-order valence-electron chi connectivity index (χ3n) is 3.38. The van der Waals surface area contributed by atoms with Crippen molar-refractivity contribution < 1.29 is 0 Å². The molecule has 1 N–H and O–H groups in total. The summed E-state index contributed by atoms with van der Waals surface area (Å²) in [6.45, 7) is 8.93. The van der Waals surface area contributed by atoms with Crippen molar-refractivity contribution in [2.45, 2.75) is 40.0 Å². The molecule has 1 nitrogen and oxygen atoms in total. The van der Waals surface area contributed by atoms with E-state index in [1.54, 1.807) is 0 Å². The van der Waals surface area contributed by atoms with E-state index in [0.29, 0.717) is 0 Å². The predicted octanol–water partition coefficient (Wildman–Crippen LogP) is 4.30. The summed E-state index contributed by atoms with van der Waals surface area (Å²) in [6, 6.07) is 9.03. The molecule has 2 heteroatoms. The fourth-order valence-electron chi connectivity index (χ4n) is 2.21. The lowest BCUT2D eigenvalue weighted by Crippen LogP contribution is -2.25. The van der Waals surface area contributed by atoms with Crippen LogP contribution in [0.25, 0.3) is 0 Å². The van der Waals surface area contributed by atoms with E-state index in [1.165, 1.54) is 41.9 Å². The Kier molecular flexibility index (Phi) is 9.02. The van der Waals surface area contributed by atoms with Crippen LogP contribution in [-0.4, -0.2) is 24.6 Å². The molecule has 1 aromatic carbocycles. The summed E-state index contributed by atoms with van der Waals surface area (Å²) in [7, 11) is 0. The number of nitrogens with one attached hydrogen (secondary N) is 1. The van der Waals surface area contributed by atoms with E-state index in [4.69, 9.17) is 0 Å². The normalized spacial score (nSPS) is 12.6. The molecule has 0 saturated carbocycles. The second-order valence-corrected chi connectivity index (χ2v) is 6.64. The lowest BCUT2D eigenvalue weighted by atomic mass is 9.96. The van der Waals surface area contributed by atoms with Crippen molar-refractivity contribution in [3.63, 3.8) is 0 Å². The van der Waals surface area contributed by atoms with Crippen LogP contribution >= 0.6 is 11.8 Å². The smallest absolute Gasteiger partial charge is 0.00170 e. The van der Waals surface area contributed by atoms with Gasteiger partial charge in [0.05, 0.1) is 0 Å². The summed E-state index contributed by atoms with van der Waals surface area (Å²) in [5.41, 5.74) is 2.83. The highest BCUT2D eigenvalue weighted by molar-refractivity contribution is 7.99. The fraction of sp³-hybridized carbons (Fsp3) is 0.647. The minimum atomic E-state index is 0.772. The quantitative estimate of drug-likeness (QED) is 0.641. The first kappa shape index (κ1) is 16.6. The van der Waals surface area contributed by atoms with Gasteiger partial charge in [0.1, 0.15) is 0 Å². The summed E-state index contributed by atoms with van der Waals surface area (Å²) in [6.07, 6.45) is 3.76.